The number of nitrogens with one attached hydrogen (secondary N) is 1. The second-order valence-corrected chi connectivity index (χ2v) is 10.1. The number of rotatable bonds is 6. The minimum Gasteiger partial charge on any atom is -0.495 e. The predicted molar refractivity (Wildman–Crippen MR) is 119 cm³/mol. The van der Waals surface area contributed by atoms with Crippen molar-refractivity contribution >= 4 is 33.2 Å². The molecule has 8 heteroatoms. The third-order valence-corrected chi connectivity index (χ3v) is 7.44. The molecule has 6 nitrogen and oxygen atoms in total. The second-order valence-electron chi connectivity index (χ2n) is 7.77. The third-order valence-electron chi connectivity index (χ3n) is 5.32. The van der Waals surface area contributed by atoms with Crippen LogP contribution in [0.4, 0.5) is 5.69 Å². The topological polar surface area (TPSA) is 75.7 Å². The van der Waals surface area contributed by atoms with E-state index in [2.05, 4.69) is 5.32 Å². The molecule has 0 spiro atoms. The number of hydrogen-bond donors (Lipinski definition) is 1. The Hall–Kier alpha value is -2.09. The number of sulfonamides is 1. The van der Waals surface area contributed by atoms with E-state index in [0.717, 1.165) is 5.56 Å². The average molecular weight is 451 g/mol. The number of amides is 1. The molecule has 1 fully saturated rings. The number of nitrogens with zero attached hydrogens (tertiary/aromatic N) is 1. The number of piperidine rings is 1. The van der Waals surface area contributed by atoms with Gasteiger partial charge in [-0.3, -0.25) is 4.79 Å². The fraction of sp³-hybridized carbons (Fsp3) is 0.409. The zero-order valence-corrected chi connectivity index (χ0v) is 19.0. The van der Waals surface area contributed by atoms with Crippen molar-refractivity contribution < 1.29 is 17.9 Å². The maximum Gasteiger partial charge on any atom is 0.246 e. The summed E-state index contributed by atoms with van der Waals surface area (Å²) in [6.07, 6.45) is 1.24. The molecule has 1 saturated heterocycles. The summed E-state index contributed by atoms with van der Waals surface area (Å²) in [5.74, 6) is -0.154. The molecule has 30 heavy (non-hydrogen) atoms. The zero-order valence-electron chi connectivity index (χ0n) is 17.4. The first-order valence-corrected chi connectivity index (χ1v) is 11.8. The van der Waals surface area contributed by atoms with E-state index in [9.17, 15) is 13.2 Å². The quantitative estimate of drug-likeness (QED) is 0.702. The Balaban J connectivity index is 1.82. The van der Waals surface area contributed by atoms with Crippen molar-refractivity contribution in [1.29, 1.82) is 0 Å². The van der Waals surface area contributed by atoms with E-state index in [1.54, 1.807) is 36.4 Å². The molecule has 0 saturated carbocycles. The molecule has 2 aromatic carbocycles. The lowest BCUT2D eigenvalue weighted by molar-refractivity contribution is -0.120. The molecule has 1 aliphatic heterocycles. The van der Waals surface area contributed by atoms with Crippen LogP contribution in [0.5, 0.6) is 5.75 Å². The highest BCUT2D eigenvalue weighted by Crippen LogP contribution is 2.32. The largest absolute Gasteiger partial charge is 0.495 e. The molecule has 162 valence electrons. The molecule has 1 atom stereocenters. The monoisotopic (exact) mass is 450 g/mol. The maximum atomic E-state index is 13.4. The van der Waals surface area contributed by atoms with Gasteiger partial charge in [-0.15, -0.1) is 0 Å². The fourth-order valence-electron chi connectivity index (χ4n) is 3.58. The van der Waals surface area contributed by atoms with Crippen molar-refractivity contribution in [3.63, 3.8) is 0 Å². The Morgan fingerprint density at radius 1 is 1.23 bits per heavy atom. The zero-order chi connectivity index (χ0) is 21.9. The lowest BCUT2D eigenvalue weighted by atomic mass is 9.99. The normalized spacial score (nSPS) is 17.7. The van der Waals surface area contributed by atoms with E-state index >= 15 is 0 Å². The average Bonchev–Trinajstić information content (AvgIpc) is 2.73. The van der Waals surface area contributed by atoms with Gasteiger partial charge in [0.25, 0.3) is 0 Å². The van der Waals surface area contributed by atoms with Crippen LogP contribution in [0.3, 0.4) is 0 Å². The minimum absolute atomic E-state index is 0.129. The first-order valence-electron chi connectivity index (χ1n) is 9.97. The van der Waals surface area contributed by atoms with Crippen molar-refractivity contribution in [2.75, 3.05) is 25.5 Å². The number of carbonyl (C=O) groups is 1. The van der Waals surface area contributed by atoms with E-state index in [0.29, 0.717) is 35.8 Å². The highest BCUT2D eigenvalue weighted by molar-refractivity contribution is 7.89. The predicted octanol–water partition coefficient (Wildman–Crippen LogP) is 4.51. The summed E-state index contributed by atoms with van der Waals surface area (Å²) in [4.78, 5) is 12.9. The summed E-state index contributed by atoms with van der Waals surface area (Å²) in [6.45, 7) is 4.52. The van der Waals surface area contributed by atoms with E-state index < -0.39 is 15.9 Å². The van der Waals surface area contributed by atoms with Crippen molar-refractivity contribution in [1.82, 2.24) is 4.31 Å². The molecule has 1 N–H and O–H groups in total. The Morgan fingerprint density at radius 2 is 2.00 bits per heavy atom. The highest BCUT2D eigenvalue weighted by Gasteiger charge is 2.35. The summed E-state index contributed by atoms with van der Waals surface area (Å²) in [5, 5.41) is 3.37. The van der Waals surface area contributed by atoms with Gasteiger partial charge in [0.1, 0.15) is 10.6 Å². The highest BCUT2D eigenvalue weighted by atomic mass is 35.5. The first kappa shape index (κ1) is 22.6. The van der Waals surface area contributed by atoms with Crippen LogP contribution in [-0.4, -0.2) is 38.8 Å². The van der Waals surface area contributed by atoms with Crippen LogP contribution in [0.15, 0.2) is 47.4 Å². The standard InChI is InChI=1S/C22H27ClN2O4S/c1-15(2)16-9-10-20(29-3)21(12-16)30(27,28)25-11-5-6-17(14-25)22(26)24-19-8-4-7-18(23)13-19/h4,7-10,12-13,15,17H,5-6,11,14H2,1-3H3,(H,24,26)/t17-/m0/s1. The molecule has 2 aromatic rings. The van der Waals surface area contributed by atoms with Gasteiger partial charge in [-0.1, -0.05) is 37.6 Å². The molecule has 1 amide bonds. The Kier molecular flexibility index (Phi) is 7.06. The summed E-state index contributed by atoms with van der Waals surface area (Å²) in [7, 11) is -2.34. The van der Waals surface area contributed by atoms with Crippen molar-refractivity contribution in [2.45, 2.75) is 37.5 Å². The van der Waals surface area contributed by atoms with Gasteiger partial charge in [-0.05, 0) is 54.7 Å². The molecule has 1 aliphatic rings. The molecule has 1 heterocycles. The van der Waals surface area contributed by atoms with Crippen LogP contribution in [0.25, 0.3) is 0 Å². The smallest absolute Gasteiger partial charge is 0.246 e. The van der Waals surface area contributed by atoms with Crippen molar-refractivity contribution in [2.24, 2.45) is 5.92 Å². The summed E-state index contributed by atoms with van der Waals surface area (Å²) in [6, 6.07) is 12.1. The van der Waals surface area contributed by atoms with Crippen LogP contribution in [0.1, 0.15) is 38.2 Å². The molecule has 0 aliphatic carbocycles. The number of carbonyl (C=O) groups excluding carboxylic acids is 1. The van der Waals surface area contributed by atoms with E-state index in [1.807, 2.05) is 19.9 Å². The second kappa shape index (κ2) is 9.37. The Morgan fingerprint density at radius 3 is 2.67 bits per heavy atom. The van der Waals surface area contributed by atoms with Gasteiger partial charge < -0.3 is 10.1 Å². The lowest BCUT2D eigenvalue weighted by Crippen LogP contribution is -2.43. The molecule has 0 bridgehead atoms. The maximum absolute atomic E-state index is 13.4. The number of hydrogen-bond acceptors (Lipinski definition) is 4. The van der Waals surface area contributed by atoms with Gasteiger partial charge in [-0.2, -0.15) is 4.31 Å². The SMILES string of the molecule is COc1ccc(C(C)C)cc1S(=O)(=O)N1CCC[C@H](C(=O)Nc2cccc(Cl)c2)C1. The lowest BCUT2D eigenvalue weighted by Gasteiger charge is -2.31. The summed E-state index contributed by atoms with van der Waals surface area (Å²) >= 11 is 5.98. The van der Waals surface area contributed by atoms with Gasteiger partial charge in [0.05, 0.1) is 13.0 Å². The number of methoxy groups -OCH3 is 1. The number of halogens is 1. The van der Waals surface area contributed by atoms with E-state index in [4.69, 9.17) is 16.3 Å². The van der Waals surface area contributed by atoms with Gasteiger partial charge in [0.15, 0.2) is 0 Å². The van der Waals surface area contributed by atoms with Crippen molar-refractivity contribution in [3.05, 3.63) is 53.1 Å². The Bertz CT molecular complexity index is 1020. The molecular weight excluding hydrogens is 424 g/mol. The van der Waals surface area contributed by atoms with Crippen molar-refractivity contribution in [3.8, 4) is 5.75 Å². The van der Waals surface area contributed by atoms with E-state index in [1.165, 1.54) is 11.4 Å². The van der Waals surface area contributed by atoms with Gasteiger partial charge in [0, 0.05) is 23.8 Å². The van der Waals surface area contributed by atoms with Crippen LogP contribution in [0.2, 0.25) is 5.02 Å². The third kappa shape index (κ3) is 4.96. The van der Waals surface area contributed by atoms with Gasteiger partial charge in [-0.25, -0.2) is 8.42 Å². The van der Waals surface area contributed by atoms with Gasteiger partial charge >= 0.3 is 0 Å². The van der Waals surface area contributed by atoms with Crippen LogP contribution >= 0.6 is 11.6 Å². The van der Waals surface area contributed by atoms with Crippen LogP contribution in [0, 0.1) is 5.92 Å². The number of benzene rings is 2. The summed E-state index contributed by atoms with van der Waals surface area (Å²) in [5.41, 5.74) is 1.51. The molecule has 0 aromatic heterocycles. The fourth-order valence-corrected chi connectivity index (χ4v) is 5.48. The van der Waals surface area contributed by atoms with Crippen LogP contribution < -0.4 is 10.1 Å². The van der Waals surface area contributed by atoms with E-state index in [-0.39, 0.29) is 23.3 Å². The Labute approximate surface area is 183 Å². The molecular formula is C22H27ClN2O4S. The van der Waals surface area contributed by atoms with Gasteiger partial charge in [0.2, 0.25) is 15.9 Å². The summed E-state index contributed by atoms with van der Waals surface area (Å²) < 4.78 is 33.5. The minimum atomic E-state index is -3.80. The van der Waals surface area contributed by atoms with Crippen LogP contribution in [-0.2, 0) is 14.8 Å². The number of anilines is 1. The molecule has 0 radical (unpaired) electrons. The number of ether oxygens (including phenoxy) is 1. The molecule has 0 unspecified atom stereocenters. The molecule has 3 rings (SSSR count). The first-order chi connectivity index (χ1) is 14.2.